The van der Waals surface area contributed by atoms with Gasteiger partial charge in [-0.15, -0.1) is 6.58 Å². The first-order valence-electron chi connectivity index (χ1n) is 20.3. The number of unbranched alkanes of at least 4 members (excludes halogenated alkanes) is 1. The minimum atomic E-state index is -0.621. The summed E-state index contributed by atoms with van der Waals surface area (Å²) in [6, 6.07) is 17.8. The van der Waals surface area contributed by atoms with Gasteiger partial charge in [-0.2, -0.15) is 0 Å². The van der Waals surface area contributed by atoms with Crippen molar-refractivity contribution < 1.29 is 14.6 Å². The summed E-state index contributed by atoms with van der Waals surface area (Å²) in [5.41, 5.74) is 6.45. The first-order chi connectivity index (χ1) is 26.8. The third-order valence-corrected chi connectivity index (χ3v) is 10.5. The van der Waals surface area contributed by atoms with Crippen LogP contribution >= 0.6 is 34.8 Å². The minimum absolute atomic E-state index is 0.0210. The molecule has 0 radical (unpaired) electrons. The van der Waals surface area contributed by atoms with E-state index in [4.69, 9.17) is 44.6 Å². The molecule has 3 aromatic rings. The predicted molar refractivity (Wildman–Crippen MR) is 247 cm³/mol. The summed E-state index contributed by atoms with van der Waals surface area (Å²) in [5.74, 6) is 0.545. The molecule has 5 nitrogen and oxygen atoms in total. The summed E-state index contributed by atoms with van der Waals surface area (Å²) in [6.45, 7) is 28.9. The highest BCUT2D eigenvalue weighted by atomic mass is 35.5. The molecule has 0 fully saturated rings. The molecule has 3 N–H and O–H groups in total. The molecule has 56 heavy (non-hydrogen) atoms. The van der Waals surface area contributed by atoms with E-state index in [1.165, 1.54) is 17.6 Å². The number of nitrogens with one attached hydrogen (secondary N) is 2. The number of anilines is 1. The van der Waals surface area contributed by atoms with Crippen molar-refractivity contribution in [2.24, 2.45) is 0 Å². The van der Waals surface area contributed by atoms with Crippen LogP contribution in [0.15, 0.2) is 91.2 Å². The van der Waals surface area contributed by atoms with Crippen molar-refractivity contribution in [2.75, 3.05) is 19.0 Å². The Balaban J connectivity index is 0.00000271. The number of likely N-dealkylation sites (N-methyl/N-ethyl adjacent to an activating group) is 1. The fourth-order valence-corrected chi connectivity index (χ4v) is 7.57. The van der Waals surface area contributed by atoms with E-state index in [-0.39, 0.29) is 24.4 Å². The number of carbonyl (C=O) groups is 1. The number of halogens is 3. The fourth-order valence-electron chi connectivity index (χ4n) is 7.04. The second-order valence-electron chi connectivity index (χ2n) is 13.4. The Bertz CT molecular complexity index is 1630. The standard InChI is InChI=1S/C39H49Cl3N2O2.C5H10.C2H6O.C2H6/c1-9-13-25(5)20-35(34-22-29(41)17-19-37(34)46-39(11-3,12-4)27(7)43-8)38(32-18-16-30(42)23-36(32)44-24-45)31(10-2)33-21-28(40)15-14-26(33)6;1-3-5-4-2;1-2-3;1-2/h13-19,21-24,31,35,38,43H,7,9-12,20H2,1-6,8H3,(H,44,45);3H,1,4-5H2,2H3;3H,2H2,1H3;1-2H3/b25-13-;;;. The van der Waals surface area contributed by atoms with Crippen molar-refractivity contribution in [2.45, 2.75) is 138 Å². The van der Waals surface area contributed by atoms with Crippen LogP contribution in [0.25, 0.3) is 0 Å². The van der Waals surface area contributed by atoms with Crippen molar-refractivity contribution >= 4 is 46.9 Å². The highest BCUT2D eigenvalue weighted by molar-refractivity contribution is 6.31. The van der Waals surface area contributed by atoms with E-state index in [1.54, 1.807) is 6.92 Å². The van der Waals surface area contributed by atoms with Crippen LogP contribution in [0.3, 0.4) is 0 Å². The van der Waals surface area contributed by atoms with Gasteiger partial charge in [-0.05, 0) is 136 Å². The molecule has 1 amide bonds. The van der Waals surface area contributed by atoms with Crippen LogP contribution in [-0.2, 0) is 4.79 Å². The van der Waals surface area contributed by atoms with E-state index in [0.29, 0.717) is 27.2 Å². The lowest BCUT2D eigenvalue weighted by Crippen LogP contribution is -2.41. The number of aliphatic hydroxyl groups excluding tert-OH is 1. The summed E-state index contributed by atoms with van der Waals surface area (Å²) >= 11 is 20.0. The van der Waals surface area contributed by atoms with Crippen LogP contribution in [-0.4, -0.2) is 30.8 Å². The lowest BCUT2D eigenvalue weighted by molar-refractivity contribution is -0.105. The molecule has 3 rings (SSSR count). The van der Waals surface area contributed by atoms with Gasteiger partial charge in [0, 0.05) is 46.0 Å². The fraction of sp³-hybridized carbons (Fsp3) is 0.479. The van der Waals surface area contributed by atoms with Crippen molar-refractivity contribution in [1.29, 1.82) is 0 Å². The van der Waals surface area contributed by atoms with Crippen molar-refractivity contribution in [3.8, 4) is 5.75 Å². The third-order valence-electron chi connectivity index (χ3n) is 9.79. The quantitative estimate of drug-likeness (QED) is 0.0831. The number of hydrogen-bond acceptors (Lipinski definition) is 4. The number of ether oxygens (including phenoxy) is 1. The minimum Gasteiger partial charge on any atom is -0.481 e. The average Bonchev–Trinajstić information content (AvgIpc) is 3.19. The Labute approximate surface area is 356 Å². The molecule has 0 saturated carbocycles. The Kier molecular flexibility index (Phi) is 27.4. The molecule has 0 aliphatic rings. The van der Waals surface area contributed by atoms with Gasteiger partial charge in [0.1, 0.15) is 11.4 Å². The van der Waals surface area contributed by atoms with Crippen LogP contribution in [0.2, 0.25) is 15.1 Å². The molecule has 3 unspecified atom stereocenters. The van der Waals surface area contributed by atoms with Crippen molar-refractivity contribution in [1.82, 2.24) is 5.32 Å². The van der Waals surface area contributed by atoms with Gasteiger partial charge in [-0.3, -0.25) is 4.79 Å². The zero-order valence-electron chi connectivity index (χ0n) is 36.1. The number of amides is 1. The number of aryl methyl sites for hydroxylation is 1. The van der Waals surface area contributed by atoms with Crippen molar-refractivity contribution in [3.05, 3.63) is 128 Å². The van der Waals surface area contributed by atoms with Crippen LogP contribution in [0.5, 0.6) is 5.75 Å². The molecule has 3 aromatic carbocycles. The highest BCUT2D eigenvalue weighted by Gasteiger charge is 2.38. The van der Waals surface area contributed by atoms with Gasteiger partial charge in [0.2, 0.25) is 6.41 Å². The lowest BCUT2D eigenvalue weighted by Gasteiger charge is -2.39. The van der Waals surface area contributed by atoms with Gasteiger partial charge >= 0.3 is 0 Å². The Morgan fingerprint density at radius 1 is 0.875 bits per heavy atom. The molecular weight excluding hydrogens is 759 g/mol. The summed E-state index contributed by atoms with van der Waals surface area (Å²) < 4.78 is 7.05. The first kappa shape index (κ1) is 52.8. The van der Waals surface area contributed by atoms with E-state index in [0.717, 1.165) is 66.7 Å². The zero-order valence-corrected chi connectivity index (χ0v) is 38.4. The zero-order chi connectivity index (χ0) is 42.8. The first-order valence-corrected chi connectivity index (χ1v) is 21.4. The maximum Gasteiger partial charge on any atom is 0.211 e. The number of hydrogen-bond donors (Lipinski definition) is 3. The molecule has 0 aliphatic carbocycles. The van der Waals surface area contributed by atoms with E-state index < -0.39 is 5.60 Å². The molecule has 0 spiro atoms. The number of aliphatic hydroxyl groups is 1. The Morgan fingerprint density at radius 3 is 1.91 bits per heavy atom. The van der Waals surface area contributed by atoms with Gasteiger partial charge in [-0.25, -0.2) is 0 Å². The number of rotatable bonds is 19. The highest BCUT2D eigenvalue weighted by Crippen LogP contribution is 2.53. The van der Waals surface area contributed by atoms with Crippen LogP contribution in [0.4, 0.5) is 5.69 Å². The van der Waals surface area contributed by atoms with Crippen LogP contribution < -0.4 is 15.4 Å². The summed E-state index contributed by atoms with van der Waals surface area (Å²) in [4.78, 5) is 12.0. The van der Waals surface area contributed by atoms with E-state index >= 15 is 0 Å². The van der Waals surface area contributed by atoms with Gasteiger partial charge in [0.25, 0.3) is 0 Å². The van der Waals surface area contributed by atoms with E-state index in [2.05, 4.69) is 90.5 Å². The SMILES string of the molecule is C=C(NC)C(CC)(CC)Oc1ccc(Cl)cc1C(C/C(C)=C\CC)C(c1ccc(Cl)cc1NC=O)C(CC)c1cc(Cl)ccc1C.C=CCCC.CC.CCO. The molecule has 312 valence electrons. The van der Waals surface area contributed by atoms with Gasteiger partial charge in [0.05, 0.1) is 0 Å². The monoisotopic (exact) mass is 828 g/mol. The van der Waals surface area contributed by atoms with Crippen LogP contribution in [0.1, 0.15) is 147 Å². The van der Waals surface area contributed by atoms with Gasteiger partial charge in [0.15, 0.2) is 0 Å². The second-order valence-corrected chi connectivity index (χ2v) is 14.7. The molecule has 0 aliphatic heterocycles. The van der Waals surface area contributed by atoms with Crippen molar-refractivity contribution in [3.63, 3.8) is 0 Å². The average molecular weight is 830 g/mol. The molecule has 0 saturated heterocycles. The van der Waals surface area contributed by atoms with E-state index in [1.807, 2.05) is 69.4 Å². The predicted octanol–water partition coefficient (Wildman–Crippen LogP) is 15.0. The van der Waals surface area contributed by atoms with Gasteiger partial charge in [-0.1, -0.05) is 126 Å². The molecule has 0 aromatic heterocycles. The second kappa shape index (κ2) is 29.1. The number of carbonyl (C=O) groups excluding carboxylic acids is 1. The summed E-state index contributed by atoms with van der Waals surface area (Å²) in [5, 5.41) is 15.6. The molecule has 8 heteroatoms. The molecule has 0 bridgehead atoms. The number of benzene rings is 3. The van der Waals surface area contributed by atoms with Crippen LogP contribution in [0, 0.1) is 6.92 Å². The summed E-state index contributed by atoms with van der Waals surface area (Å²) in [6.07, 6.45) is 11.2. The molecule has 0 heterocycles. The molecular formula is C48H71Cl3N2O3. The normalized spacial score (nSPS) is 12.5. The summed E-state index contributed by atoms with van der Waals surface area (Å²) in [7, 11) is 1.88. The molecule has 3 atom stereocenters. The Morgan fingerprint density at radius 2 is 1.43 bits per heavy atom. The van der Waals surface area contributed by atoms with Gasteiger partial charge < -0.3 is 20.5 Å². The third kappa shape index (κ3) is 16.0. The number of allylic oxidation sites excluding steroid dienone is 3. The Hall–Kier alpha value is -3.22. The smallest absolute Gasteiger partial charge is 0.211 e. The van der Waals surface area contributed by atoms with E-state index in [9.17, 15) is 4.79 Å². The maximum absolute atomic E-state index is 12.0. The largest absolute Gasteiger partial charge is 0.481 e. The lowest BCUT2D eigenvalue weighted by atomic mass is 9.67. The topological polar surface area (TPSA) is 70.6 Å². The maximum atomic E-state index is 12.0.